The zero-order valence-electron chi connectivity index (χ0n) is 15.8. The Balaban J connectivity index is 1.93. The molecular formula is C20H24N4O3. The predicted molar refractivity (Wildman–Crippen MR) is 100 cm³/mol. The molecule has 1 atom stereocenters. The standard InChI is InChI=1S/C20H24N4O3/c1-20(2,3)19(27)24-8-4-5-13(12-24)16-17(23-7-6-22-16)14-9-15(18(25)26)11-21-10-14/h6-7,9-11,13H,4-5,8,12H2,1-3H3,(H,25,26). The molecule has 1 unspecified atom stereocenters. The minimum Gasteiger partial charge on any atom is -0.478 e. The first-order valence-electron chi connectivity index (χ1n) is 9.06. The number of amides is 1. The Labute approximate surface area is 158 Å². The minimum atomic E-state index is -1.03. The maximum atomic E-state index is 12.7. The fourth-order valence-electron chi connectivity index (χ4n) is 3.42. The number of rotatable bonds is 3. The van der Waals surface area contributed by atoms with Gasteiger partial charge in [-0.25, -0.2) is 4.79 Å². The fraction of sp³-hybridized carbons (Fsp3) is 0.450. The highest BCUT2D eigenvalue weighted by molar-refractivity contribution is 5.88. The number of carbonyl (C=O) groups is 2. The van der Waals surface area contributed by atoms with Crippen molar-refractivity contribution in [3.8, 4) is 11.3 Å². The molecule has 7 nitrogen and oxygen atoms in total. The molecular weight excluding hydrogens is 344 g/mol. The number of carboxylic acid groups (broad SMARTS) is 1. The molecule has 3 heterocycles. The lowest BCUT2D eigenvalue weighted by molar-refractivity contribution is -0.140. The lowest BCUT2D eigenvalue weighted by Crippen LogP contribution is -2.44. The summed E-state index contributed by atoms with van der Waals surface area (Å²) in [6, 6.07) is 1.56. The number of pyridine rings is 1. The summed E-state index contributed by atoms with van der Waals surface area (Å²) in [5.74, 6) is -0.844. The van der Waals surface area contributed by atoms with Gasteiger partial charge in [0.05, 0.1) is 17.0 Å². The monoisotopic (exact) mass is 368 g/mol. The van der Waals surface area contributed by atoms with Gasteiger partial charge in [-0.2, -0.15) is 0 Å². The van der Waals surface area contributed by atoms with Gasteiger partial charge in [0.15, 0.2) is 0 Å². The number of aromatic nitrogens is 3. The van der Waals surface area contributed by atoms with Gasteiger partial charge in [-0.05, 0) is 18.9 Å². The van der Waals surface area contributed by atoms with Crippen molar-refractivity contribution in [1.82, 2.24) is 19.9 Å². The van der Waals surface area contributed by atoms with Crippen LogP contribution in [-0.2, 0) is 4.79 Å². The number of hydrogen-bond donors (Lipinski definition) is 1. The molecule has 0 saturated carbocycles. The fourth-order valence-corrected chi connectivity index (χ4v) is 3.42. The third kappa shape index (κ3) is 4.13. The molecule has 142 valence electrons. The van der Waals surface area contributed by atoms with Gasteiger partial charge in [0.25, 0.3) is 0 Å². The molecule has 7 heteroatoms. The average molecular weight is 368 g/mol. The van der Waals surface area contributed by atoms with Crippen molar-refractivity contribution in [2.24, 2.45) is 5.41 Å². The van der Waals surface area contributed by atoms with E-state index in [4.69, 9.17) is 0 Å². The molecule has 0 aromatic carbocycles. The highest BCUT2D eigenvalue weighted by atomic mass is 16.4. The zero-order valence-corrected chi connectivity index (χ0v) is 15.8. The second-order valence-corrected chi connectivity index (χ2v) is 7.90. The van der Waals surface area contributed by atoms with Gasteiger partial charge in [-0.15, -0.1) is 0 Å². The topological polar surface area (TPSA) is 96.3 Å². The molecule has 27 heavy (non-hydrogen) atoms. The van der Waals surface area contributed by atoms with E-state index in [1.807, 2.05) is 25.7 Å². The first-order chi connectivity index (χ1) is 12.8. The van der Waals surface area contributed by atoms with E-state index in [0.717, 1.165) is 25.1 Å². The number of nitrogens with zero attached hydrogens (tertiary/aromatic N) is 4. The normalized spacial score (nSPS) is 17.6. The van der Waals surface area contributed by atoms with Crippen LogP contribution in [-0.4, -0.2) is 49.9 Å². The Morgan fingerprint density at radius 1 is 1.19 bits per heavy atom. The largest absolute Gasteiger partial charge is 0.478 e. The molecule has 1 saturated heterocycles. The van der Waals surface area contributed by atoms with Crippen LogP contribution in [0.1, 0.15) is 55.6 Å². The molecule has 0 spiro atoms. The van der Waals surface area contributed by atoms with Crippen molar-refractivity contribution in [2.45, 2.75) is 39.5 Å². The van der Waals surface area contributed by atoms with Crippen LogP contribution in [0.5, 0.6) is 0 Å². The quantitative estimate of drug-likeness (QED) is 0.895. The highest BCUT2D eigenvalue weighted by Crippen LogP contribution is 2.33. The van der Waals surface area contributed by atoms with Crippen LogP contribution < -0.4 is 0 Å². The Kier molecular flexibility index (Phi) is 5.21. The van der Waals surface area contributed by atoms with Gasteiger partial charge in [-0.1, -0.05) is 20.8 Å². The summed E-state index contributed by atoms with van der Waals surface area (Å²) in [6.45, 7) is 7.12. The molecule has 0 radical (unpaired) electrons. The maximum Gasteiger partial charge on any atom is 0.337 e. The molecule has 2 aromatic rings. The summed E-state index contributed by atoms with van der Waals surface area (Å²) in [7, 11) is 0. The third-order valence-corrected chi connectivity index (χ3v) is 4.72. The Bertz CT molecular complexity index is 860. The number of aromatic carboxylic acids is 1. The second kappa shape index (κ2) is 7.42. The molecule has 1 N–H and O–H groups in total. The van der Waals surface area contributed by atoms with Gasteiger partial charge in [0, 0.05) is 54.8 Å². The maximum absolute atomic E-state index is 12.7. The van der Waals surface area contributed by atoms with E-state index in [-0.39, 0.29) is 17.4 Å². The van der Waals surface area contributed by atoms with Crippen molar-refractivity contribution in [3.63, 3.8) is 0 Å². The van der Waals surface area contributed by atoms with E-state index < -0.39 is 11.4 Å². The van der Waals surface area contributed by atoms with Crippen molar-refractivity contribution < 1.29 is 14.7 Å². The van der Waals surface area contributed by atoms with E-state index in [1.165, 1.54) is 6.20 Å². The summed E-state index contributed by atoms with van der Waals surface area (Å²) >= 11 is 0. The van der Waals surface area contributed by atoms with E-state index in [9.17, 15) is 14.7 Å². The predicted octanol–water partition coefficient (Wildman–Crippen LogP) is 2.99. The van der Waals surface area contributed by atoms with Crippen molar-refractivity contribution in [2.75, 3.05) is 13.1 Å². The Hall–Kier alpha value is -2.83. The SMILES string of the molecule is CC(C)(C)C(=O)N1CCCC(c2nccnc2-c2cncc(C(=O)O)c2)C1. The zero-order chi connectivity index (χ0) is 19.6. The molecule has 2 aromatic heterocycles. The Morgan fingerprint density at radius 3 is 2.63 bits per heavy atom. The average Bonchev–Trinajstić information content (AvgIpc) is 2.67. The lowest BCUT2D eigenvalue weighted by Gasteiger charge is -2.36. The van der Waals surface area contributed by atoms with Crippen LogP contribution in [0.15, 0.2) is 30.9 Å². The second-order valence-electron chi connectivity index (χ2n) is 7.90. The summed E-state index contributed by atoms with van der Waals surface area (Å²) in [5, 5.41) is 9.23. The summed E-state index contributed by atoms with van der Waals surface area (Å²) in [4.78, 5) is 38.9. The summed E-state index contributed by atoms with van der Waals surface area (Å²) in [5.41, 5.74) is 1.72. The first kappa shape index (κ1) is 18.9. The summed E-state index contributed by atoms with van der Waals surface area (Å²) in [6.07, 6.45) is 7.94. The molecule has 0 aliphatic carbocycles. The number of carboxylic acids is 1. The molecule has 3 rings (SSSR count). The molecule has 1 amide bonds. The van der Waals surface area contributed by atoms with Crippen LogP contribution in [0.4, 0.5) is 0 Å². The van der Waals surface area contributed by atoms with Crippen molar-refractivity contribution in [3.05, 3.63) is 42.1 Å². The molecule has 1 aliphatic rings. The minimum absolute atomic E-state index is 0.0576. The highest BCUT2D eigenvalue weighted by Gasteiger charge is 2.33. The third-order valence-electron chi connectivity index (χ3n) is 4.72. The van der Waals surface area contributed by atoms with Crippen molar-refractivity contribution >= 4 is 11.9 Å². The molecule has 1 aliphatic heterocycles. The van der Waals surface area contributed by atoms with Crippen LogP contribution in [0.25, 0.3) is 11.3 Å². The van der Waals surface area contributed by atoms with E-state index in [0.29, 0.717) is 17.8 Å². The number of piperidine rings is 1. The van der Waals surface area contributed by atoms with E-state index in [2.05, 4.69) is 15.0 Å². The Morgan fingerprint density at radius 2 is 1.93 bits per heavy atom. The molecule has 0 bridgehead atoms. The van der Waals surface area contributed by atoms with Crippen LogP contribution in [0.2, 0.25) is 0 Å². The van der Waals surface area contributed by atoms with Gasteiger partial charge in [-0.3, -0.25) is 19.7 Å². The van der Waals surface area contributed by atoms with Crippen LogP contribution in [0, 0.1) is 5.41 Å². The van der Waals surface area contributed by atoms with Crippen LogP contribution >= 0.6 is 0 Å². The number of likely N-dealkylation sites (tertiary alicyclic amines) is 1. The van der Waals surface area contributed by atoms with Gasteiger partial charge >= 0.3 is 5.97 Å². The van der Waals surface area contributed by atoms with Crippen molar-refractivity contribution in [1.29, 1.82) is 0 Å². The smallest absolute Gasteiger partial charge is 0.337 e. The lowest BCUT2D eigenvalue weighted by atomic mass is 9.88. The van der Waals surface area contributed by atoms with Crippen LogP contribution in [0.3, 0.4) is 0 Å². The molecule has 1 fully saturated rings. The first-order valence-corrected chi connectivity index (χ1v) is 9.06. The van der Waals surface area contributed by atoms with Gasteiger partial charge in [0.1, 0.15) is 0 Å². The van der Waals surface area contributed by atoms with Gasteiger partial charge < -0.3 is 10.0 Å². The van der Waals surface area contributed by atoms with E-state index >= 15 is 0 Å². The van der Waals surface area contributed by atoms with E-state index in [1.54, 1.807) is 24.7 Å². The summed E-state index contributed by atoms with van der Waals surface area (Å²) < 4.78 is 0. The number of hydrogen-bond acceptors (Lipinski definition) is 5. The number of carbonyl (C=O) groups excluding carboxylic acids is 1. The van der Waals surface area contributed by atoms with Gasteiger partial charge in [0.2, 0.25) is 5.91 Å².